The molecule has 0 unspecified atom stereocenters. The lowest BCUT2D eigenvalue weighted by molar-refractivity contribution is 0.827. The molecule has 0 fully saturated rings. The van der Waals surface area contributed by atoms with Crippen LogP contribution in [0.5, 0.6) is 0 Å². The predicted octanol–water partition coefficient (Wildman–Crippen LogP) is 1.59. The summed E-state index contributed by atoms with van der Waals surface area (Å²) in [5, 5.41) is 8.53. The second-order valence-electron chi connectivity index (χ2n) is 3.30. The maximum absolute atomic E-state index is 8.53. The highest BCUT2D eigenvalue weighted by molar-refractivity contribution is 5.69. The first kappa shape index (κ1) is 11.2. The Morgan fingerprint density at radius 1 is 1.33 bits per heavy atom. The summed E-state index contributed by atoms with van der Waals surface area (Å²) in [6.45, 7) is 3.62. The van der Waals surface area contributed by atoms with Crippen LogP contribution in [-0.2, 0) is 0 Å². The molecule has 4 N–H and O–H groups in total. The highest BCUT2D eigenvalue weighted by Gasteiger charge is 2.05. The van der Waals surface area contributed by atoms with Gasteiger partial charge in [-0.2, -0.15) is 5.26 Å². The van der Waals surface area contributed by atoms with Gasteiger partial charge < -0.3 is 16.4 Å². The Morgan fingerprint density at radius 2 is 2.07 bits per heavy atom. The molecule has 1 aromatic rings. The molecule has 0 saturated carbocycles. The van der Waals surface area contributed by atoms with Crippen LogP contribution in [0.4, 0.5) is 17.1 Å². The van der Waals surface area contributed by atoms with Crippen molar-refractivity contribution < 1.29 is 0 Å². The van der Waals surface area contributed by atoms with Gasteiger partial charge in [-0.05, 0) is 25.1 Å². The molecular formula is C11H16N4. The van der Waals surface area contributed by atoms with E-state index in [9.17, 15) is 0 Å². The number of nitrogens with zero attached hydrogens (tertiary/aromatic N) is 2. The average molecular weight is 204 g/mol. The summed E-state index contributed by atoms with van der Waals surface area (Å²) in [5.74, 6) is 0. The lowest BCUT2D eigenvalue weighted by atomic mass is 10.2. The second kappa shape index (κ2) is 5.11. The molecule has 0 bridgehead atoms. The Hall–Kier alpha value is -1.89. The maximum Gasteiger partial charge on any atom is 0.0640 e. The third kappa shape index (κ3) is 2.78. The van der Waals surface area contributed by atoms with Gasteiger partial charge in [0.15, 0.2) is 0 Å². The molecule has 1 aromatic carbocycles. The van der Waals surface area contributed by atoms with Crippen LogP contribution >= 0.6 is 0 Å². The number of benzene rings is 1. The molecule has 1 rings (SSSR count). The molecule has 0 amide bonds. The van der Waals surface area contributed by atoms with Crippen LogP contribution in [0, 0.1) is 11.3 Å². The van der Waals surface area contributed by atoms with Crippen molar-refractivity contribution in [3.63, 3.8) is 0 Å². The first-order valence-corrected chi connectivity index (χ1v) is 4.96. The Labute approximate surface area is 90.1 Å². The van der Waals surface area contributed by atoms with E-state index in [0.29, 0.717) is 17.8 Å². The quantitative estimate of drug-likeness (QED) is 0.730. The van der Waals surface area contributed by atoms with Gasteiger partial charge in [0, 0.05) is 18.8 Å². The Kier molecular flexibility index (Phi) is 3.81. The third-order valence-corrected chi connectivity index (χ3v) is 2.31. The van der Waals surface area contributed by atoms with Gasteiger partial charge in [0.05, 0.1) is 23.9 Å². The number of nitrogens with two attached hydrogens (primary N) is 2. The van der Waals surface area contributed by atoms with Gasteiger partial charge in [-0.1, -0.05) is 0 Å². The Morgan fingerprint density at radius 3 is 2.60 bits per heavy atom. The number of nitriles is 1. The summed E-state index contributed by atoms with van der Waals surface area (Å²) in [6.07, 6.45) is 0.512. The van der Waals surface area contributed by atoms with Crippen LogP contribution in [-0.4, -0.2) is 13.1 Å². The van der Waals surface area contributed by atoms with Gasteiger partial charge in [-0.3, -0.25) is 0 Å². The van der Waals surface area contributed by atoms with Crippen molar-refractivity contribution in [3.8, 4) is 6.07 Å². The molecule has 0 aliphatic rings. The summed E-state index contributed by atoms with van der Waals surface area (Å²) in [6, 6.07) is 7.69. The van der Waals surface area contributed by atoms with E-state index in [4.69, 9.17) is 16.7 Å². The highest BCUT2D eigenvalue weighted by Crippen LogP contribution is 2.22. The number of hydrogen-bond donors (Lipinski definition) is 2. The van der Waals surface area contributed by atoms with E-state index in [-0.39, 0.29) is 0 Å². The van der Waals surface area contributed by atoms with E-state index in [1.54, 1.807) is 6.07 Å². The van der Waals surface area contributed by atoms with Crippen LogP contribution in [0.2, 0.25) is 0 Å². The SMILES string of the molecule is CCN(CCC#N)c1ccc(N)c(N)c1. The average Bonchev–Trinajstić information content (AvgIpc) is 2.24. The normalized spacial score (nSPS) is 9.60. The summed E-state index contributed by atoms with van der Waals surface area (Å²) in [4.78, 5) is 2.10. The van der Waals surface area contributed by atoms with Gasteiger partial charge in [0.2, 0.25) is 0 Å². The van der Waals surface area contributed by atoms with E-state index >= 15 is 0 Å². The first-order chi connectivity index (χ1) is 7.19. The summed E-state index contributed by atoms with van der Waals surface area (Å²) < 4.78 is 0. The second-order valence-corrected chi connectivity index (χ2v) is 3.30. The molecule has 0 aromatic heterocycles. The van der Waals surface area contributed by atoms with Crippen LogP contribution in [0.15, 0.2) is 18.2 Å². The minimum atomic E-state index is 0.512. The monoisotopic (exact) mass is 204 g/mol. The van der Waals surface area contributed by atoms with Gasteiger partial charge in [-0.15, -0.1) is 0 Å². The topological polar surface area (TPSA) is 79.1 Å². The molecule has 0 heterocycles. The summed E-state index contributed by atoms with van der Waals surface area (Å²) in [5.41, 5.74) is 13.6. The van der Waals surface area contributed by atoms with E-state index in [0.717, 1.165) is 18.8 Å². The van der Waals surface area contributed by atoms with Crippen molar-refractivity contribution >= 4 is 17.1 Å². The molecule has 15 heavy (non-hydrogen) atoms. The molecule has 4 nitrogen and oxygen atoms in total. The van der Waals surface area contributed by atoms with Crippen LogP contribution in [0.1, 0.15) is 13.3 Å². The minimum Gasteiger partial charge on any atom is -0.397 e. The zero-order valence-corrected chi connectivity index (χ0v) is 8.90. The summed E-state index contributed by atoms with van der Waals surface area (Å²) >= 11 is 0. The van der Waals surface area contributed by atoms with Crippen LogP contribution in [0.3, 0.4) is 0 Å². The van der Waals surface area contributed by atoms with E-state index in [1.807, 2.05) is 19.1 Å². The third-order valence-electron chi connectivity index (χ3n) is 2.31. The molecule has 0 spiro atoms. The van der Waals surface area contributed by atoms with Crippen molar-refractivity contribution in [1.82, 2.24) is 0 Å². The molecule has 0 saturated heterocycles. The zero-order valence-electron chi connectivity index (χ0n) is 8.90. The fraction of sp³-hybridized carbons (Fsp3) is 0.364. The molecule has 0 aliphatic heterocycles. The number of anilines is 3. The van der Waals surface area contributed by atoms with Crippen LogP contribution < -0.4 is 16.4 Å². The lowest BCUT2D eigenvalue weighted by Crippen LogP contribution is -2.23. The standard InChI is InChI=1S/C11H16N4/c1-2-15(7-3-6-12)9-4-5-10(13)11(14)8-9/h4-5,8H,2-3,7,13-14H2,1H3. The number of hydrogen-bond acceptors (Lipinski definition) is 4. The fourth-order valence-electron chi connectivity index (χ4n) is 1.41. The Bertz CT molecular complexity index is 367. The summed E-state index contributed by atoms with van der Waals surface area (Å²) in [7, 11) is 0. The smallest absolute Gasteiger partial charge is 0.0640 e. The van der Waals surface area contributed by atoms with Crippen molar-refractivity contribution in [3.05, 3.63) is 18.2 Å². The van der Waals surface area contributed by atoms with Crippen molar-refractivity contribution in [1.29, 1.82) is 5.26 Å². The molecule has 0 radical (unpaired) electrons. The van der Waals surface area contributed by atoms with Crippen molar-refractivity contribution in [2.45, 2.75) is 13.3 Å². The fourth-order valence-corrected chi connectivity index (χ4v) is 1.41. The van der Waals surface area contributed by atoms with Crippen molar-refractivity contribution in [2.75, 3.05) is 29.5 Å². The maximum atomic E-state index is 8.53. The lowest BCUT2D eigenvalue weighted by Gasteiger charge is -2.22. The molecule has 4 heteroatoms. The number of rotatable bonds is 4. The van der Waals surface area contributed by atoms with Gasteiger partial charge >= 0.3 is 0 Å². The molecule has 0 atom stereocenters. The van der Waals surface area contributed by atoms with Gasteiger partial charge in [-0.25, -0.2) is 0 Å². The van der Waals surface area contributed by atoms with Crippen molar-refractivity contribution in [2.24, 2.45) is 0 Å². The van der Waals surface area contributed by atoms with Gasteiger partial charge in [0.1, 0.15) is 0 Å². The highest BCUT2D eigenvalue weighted by atomic mass is 15.1. The number of nitrogen functional groups attached to an aromatic ring is 2. The van der Waals surface area contributed by atoms with Gasteiger partial charge in [0.25, 0.3) is 0 Å². The molecule has 0 aliphatic carbocycles. The largest absolute Gasteiger partial charge is 0.397 e. The zero-order chi connectivity index (χ0) is 11.3. The molecule has 80 valence electrons. The van der Waals surface area contributed by atoms with Crippen LogP contribution in [0.25, 0.3) is 0 Å². The van der Waals surface area contributed by atoms with E-state index in [2.05, 4.69) is 11.0 Å². The first-order valence-electron chi connectivity index (χ1n) is 4.96. The Balaban J connectivity index is 2.83. The minimum absolute atomic E-state index is 0.512. The van der Waals surface area contributed by atoms with E-state index < -0.39 is 0 Å². The predicted molar refractivity (Wildman–Crippen MR) is 63.4 cm³/mol. The van der Waals surface area contributed by atoms with E-state index in [1.165, 1.54) is 0 Å². The molecular weight excluding hydrogens is 188 g/mol.